The molecule has 84 valence electrons. The van der Waals surface area contributed by atoms with Crippen molar-refractivity contribution in [2.24, 2.45) is 0 Å². The molecule has 0 aliphatic heterocycles. The van der Waals surface area contributed by atoms with Crippen LogP contribution < -0.4 is 10.6 Å². The van der Waals surface area contributed by atoms with Crippen LogP contribution in [0.2, 0.25) is 0 Å². The van der Waals surface area contributed by atoms with Gasteiger partial charge in [0.2, 0.25) is 5.91 Å². The fraction of sp³-hybridized carbons (Fsp3) is 0.333. The number of carbonyl (C=O) groups excluding carboxylic acids is 1. The van der Waals surface area contributed by atoms with E-state index in [1.165, 1.54) is 0 Å². The highest BCUT2D eigenvalue weighted by Gasteiger charge is 2.03. The van der Waals surface area contributed by atoms with Crippen molar-refractivity contribution in [3.63, 3.8) is 0 Å². The summed E-state index contributed by atoms with van der Waals surface area (Å²) in [4.78, 5) is 11.2. The first kappa shape index (κ1) is 12.1. The molecule has 4 heteroatoms. The predicted octanol–water partition coefficient (Wildman–Crippen LogP) is 1.41. The number of rotatable bonds is 4. The third-order valence-corrected chi connectivity index (χ3v) is 2.11. The molecule has 0 unspecified atom stereocenters. The summed E-state index contributed by atoms with van der Waals surface area (Å²) < 4.78 is 0. The smallest absolute Gasteiger partial charge is 0.239 e. The maximum absolute atomic E-state index is 11.2. The summed E-state index contributed by atoms with van der Waals surface area (Å²) in [6.45, 7) is 4.59. The summed E-state index contributed by atoms with van der Waals surface area (Å²) in [6.07, 6.45) is 0. The number of hydrogen-bond acceptors (Lipinski definition) is 3. The van der Waals surface area contributed by atoms with Crippen LogP contribution in [0.25, 0.3) is 0 Å². The Bertz CT molecular complexity index is 421. The van der Waals surface area contributed by atoms with Crippen LogP contribution in [0.5, 0.6) is 0 Å². The second-order valence-electron chi connectivity index (χ2n) is 3.47. The molecule has 1 rings (SSSR count). The van der Waals surface area contributed by atoms with Gasteiger partial charge in [0.25, 0.3) is 0 Å². The van der Waals surface area contributed by atoms with E-state index < -0.39 is 0 Å². The van der Waals surface area contributed by atoms with Gasteiger partial charge in [0.1, 0.15) is 6.07 Å². The average molecular weight is 217 g/mol. The van der Waals surface area contributed by atoms with E-state index in [9.17, 15) is 4.79 Å². The van der Waals surface area contributed by atoms with Gasteiger partial charge in [0.05, 0.1) is 17.8 Å². The first-order chi connectivity index (χ1) is 7.67. The Kier molecular flexibility index (Phi) is 4.34. The highest BCUT2D eigenvalue weighted by molar-refractivity contribution is 5.81. The van der Waals surface area contributed by atoms with Gasteiger partial charge in [-0.25, -0.2) is 0 Å². The molecule has 0 saturated carbocycles. The number of nitrogens with zero attached hydrogens (tertiary/aromatic N) is 1. The van der Waals surface area contributed by atoms with Gasteiger partial charge in [-0.3, -0.25) is 4.79 Å². The molecule has 1 aromatic carbocycles. The summed E-state index contributed by atoms with van der Waals surface area (Å²) in [5, 5.41) is 14.5. The van der Waals surface area contributed by atoms with Crippen molar-refractivity contribution in [3.8, 4) is 6.07 Å². The largest absolute Gasteiger partial charge is 0.375 e. The highest BCUT2D eigenvalue weighted by Crippen LogP contribution is 2.15. The van der Waals surface area contributed by atoms with Gasteiger partial charge >= 0.3 is 0 Å². The van der Waals surface area contributed by atoms with Gasteiger partial charge in [0.15, 0.2) is 0 Å². The van der Waals surface area contributed by atoms with Gasteiger partial charge in [-0.05, 0) is 31.5 Å². The molecule has 0 fully saturated rings. The molecule has 1 amide bonds. The molecule has 0 bridgehead atoms. The molecular formula is C12H15N3O. The van der Waals surface area contributed by atoms with E-state index in [-0.39, 0.29) is 12.5 Å². The third kappa shape index (κ3) is 3.28. The zero-order valence-electron chi connectivity index (χ0n) is 9.50. The van der Waals surface area contributed by atoms with E-state index in [0.29, 0.717) is 17.8 Å². The first-order valence-corrected chi connectivity index (χ1v) is 5.18. The Labute approximate surface area is 95.3 Å². The van der Waals surface area contributed by atoms with Crippen LogP contribution in [0.4, 0.5) is 5.69 Å². The topological polar surface area (TPSA) is 64.9 Å². The number of amides is 1. The van der Waals surface area contributed by atoms with Crippen LogP contribution in [0.1, 0.15) is 18.1 Å². The summed E-state index contributed by atoms with van der Waals surface area (Å²) in [6, 6.07) is 7.61. The normalized spacial score (nSPS) is 9.31. The van der Waals surface area contributed by atoms with Crippen LogP contribution in [-0.4, -0.2) is 19.0 Å². The molecular weight excluding hydrogens is 202 g/mol. The van der Waals surface area contributed by atoms with E-state index >= 15 is 0 Å². The quantitative estimate of drug-likeness (QED) is 0.801. The molecule has 0 aliphatic rings. The van der Waals surface area contributed by atoms with Crippen LogP contribution >= 0.6 is 0 Å². The van der Waals surface area contributed by atoms with Gasteiger partial charge in [-0.1, -0.05) is 6.07 Å². The zero-order valence-corrected chi connectivity index (χ0v) is 9.50. The van der Waals surface area contributed by atoms with Crippen LogP contribution in [0.15, 0.2) is 18.2 Å². The summed E-state index contributed by atoms with van der Waals surface area (Å²) >= 11 is 0. The molecule has 0 aromatic heterocycles. The van der Waals surface area contributed by atoms with Crippen molar-refractivity contribution in [2.45, 2.75) is 13.8 Å². The average Bonchev–Trinajstić information content (AvgIpc) is 2.27. The monoisotopic (exact) mass is 217 g/mol. The Hall–Kier alpha value is -2.02. The number of benzene rings is 1. The molecule has 0 heterocycles. The second kappa shape index (κ2) is 5.76. The lowest BCUT2D eigenvalue weighted by Gasteiger charge is -2.08. The minimum absolute atomic E-state index is 0.0769. The molecule has 16 heavy (non-hydrogen) atoms. The Morgan fingerprint density at radius 1 is 1.50 bits per heavy atom. The number of hydrogen-bond donors (Lipinski definition) is 2. The molecule has 0 radical (unpaired) electrons. The van der Waals surface area contributed by atoms with Crippen molar-refractivity contribution >= 4 is 11.6 Å². The maximum Gasteiger partial charge on any atom is 0.239 e. The molecule has 0 saturated heterocycles. The molecule has 1 aromatic rings. The van der Waals surface area contributed by atoms with Crippen LogP contribution in [-0.2, 0) is 4.79 Å². The van der Waals surface area contributed by atoms with Crippen LogP contribution in [0, 0.1) is 18.3 Å². The van der Waals surface area contributed by atoms with Gasteiger partial charge < -0.3 is 10.6 Å². The van der Waals surface area contributed by atoms with Gasteiger partial charge in [0, 0.05) is 6.54 Å². The fourth-order valence-electron chi connectivity index (χ4n) is 1.34. The van der Waals surface area contributed by atoms with E-state index in [1.807, 2.05) is 26.0 Å². The lowest BCUT2D eigenvalue weighted by molar-refractivity contribution is -0.119. The standard InChI is InChI=1S/C12H15N3O/c1-3-14-12(16)8-15-11-5-4-9(2)6-10(11)7-13/h4-6,15H,3,8H2,1-2H3,(H,14,16). The van der Waals surface area contributed by atoms with Crippen molar-refractivity contribution in [3.05, 3.63) is 29.3 Å². The van der Waals surface area contributed by atoms with Crippen molar-refractivity contribution in [1.29, 1.82) is 5.26 Å². The molecule has 0 spiro atoms. The van der Waals surface area contributed by atoms with E-state index in [0.717, 1.165) is 5.56 Å². The van der Waals surface area contributed by atoms with Crippen LogP contribution in [0.3, 0.4) is 0 Å². The predicted molar refractivity (Wildman–Crippen MR) is 63.1 cm³/mol. The van der Waals surface area contributed by atoms with Crippen molar-refractivity contribution in [1.82, 2.24) is 5.32 Å². The number of anilines is 1. The van der Waals surface area contributed by atoms with Gasteiger partial charge in [-0.15, -0.1) is 0 Å². The SMILES string of the molecule is CCNC(=O)CNc1ccc(C)cc1C#N. The van der Waals surface area contributed by atoms with E-state index in [2.05, 4.69) is 16.7 Å². The lowest BCUT2D eigenvalue weighted by atomic mass is 10.1. The minimum Gasteiger partial charge on any atom is -0.375 e. The van der Waals surface area contributed by atoms with Crippen molar-refractivity contribution < 1.29 is 4.79 Å². The fourth-order valence-corrected chi connectivity index (χ4v) is 1.34. The summed E-state index contributed by atoms with van der Waals surface area (Å²) in [7, 11) is 0. The number of carbonyl (C=O) groups is 1. The molecule has 0 atom stereocenters. The molecule has 4 nitrogen and oxygen atoms in total. The highest BCUT2D eigenvalue weighted by atomic mass is 16.1. The van der Waals surface area contributed by atoms with Gasteiger partial charge in [-0.2, -0.15) is 5.26 Å². The zero-order chi connectivity index (χ0) is 12.0. The Balaban J connectivity index is 2.67. The third-order valence-electron chi connectivity index (χ3n) is 2.11. The minimum atomic E-state index is -0.0769. The van der Waals surface area contributed by atoms with E-state index in [1.54, 1.807) is 6.07 Å². The maximum atomic E-state index is 11.2. The van der Waals surface area contributed by atoms with Crippen molar-refractivity contribution in [2.75, 3.05) is 18.4 Å². The first-order valence-electron chi connectivity index (χ1n) is 5.18. The number of likely N-dealkylation sites (N-methyl/N-ethyl adjacent to an activating group) is 1. The molecule has 0 aliphatic carbocycles. The number of aryl methyl sites for hydroxylation is 1. The Morgan fingerprint density at radius 3 is 2.88 bits per heavy atom. The summed E-state index contributed by atoms with van der Waals surface area (Å²) in [5.74, 6) is -0.0769. The number of nitrogens with one attached hydrogen (secondary N) is 2. The summed E-state index contributed by atoms with van der Waals surface area (Å²) in [5.41, 5.74) is 2.28. The lowest BCUT2D eigenvalue weighted by Crippen LogP contribution is -2.29. The van der Waals surface area contributed by atoms with E-state index in [4.69, 9.17) is 5.26 Å². The number of nitriles is 1. The second-order valence-corrected chi connectivity index (χ2v) is 3.47. The Morgan fingerprint density at radius 2 is 2.25 bits per heavy atom. The molecule has 2 N–H and O–H groups in total.